The van der Waals surface area contributed by atoms with Crippen LogP contribution in [0.1, 0.15) is 20.1 Å². The second kappa shape index (κ2) is 7.23. The van der Waals surface area contributed by atoms with Gasteiger partial charge in [0.1, 0.15) is 5.82 Å². The van der Waals surface area contributed by atoms with Crippen molar-refractivity contribution in [1.29, 1.82) is 0 Å². The first-order valence-electron chi connectivity index (χ1n) is 6.11. The number of thiophene rings is 1. The van der Waals surface area contributed by atoms with Gasteiger partial charge < -0.3 is 11.1 Å². The minimum atomic E-state index is -0.547. The van der Waals surface area contributed by atoms with Crippen LogP contribution in [0.2, 0.25) is 5.02 Å². The van der Waals surface area contributed by atoms with Crippen LogP contribution in [0.25, 0.3) is 0 Å². The normalized spacial score (nSPS) is 9.86. The highest BCUT2D eigenvalue weighted by molar-refractivity contribution is 7.12. The SMILES string of the molecule is NCC#Cc1ccc(CNC(=O)c2ccc(F)c(Cl)c2)s1. The van der Waals surface area contributed by atoms with Gasteiger partial charge in [0.15, 0.2) is 0 Å². The largest absolute Gasteiger partial charge is 0.347 e. The number of nitrogens with one attached hydrogen (secondary N) is 1. The number of amides is 1. The van der Waals surface area contributed by atoms with Gasteiger partial charge in [-0.05, 0) is 30.3 Å². The summed E-state index contributed by atoms with van der Waals surface area (Å²) in [5.41, 5.74) is 5.63. The maximum absolute atomic E-state index is 13.0. The highest BCUT2D eigenvalue weighted by Crippen LogP contribution is 2.17. The highest BCUT2D eigenvalue weighted by Gasteiger charge is 2.09. The number of halogens is 2. The summed E-state index contributed by atoms with van der Waals surface area (Å²) < 4.78 is 13.0. The lowest BCUT2D eigenvalue weighted by molar-refractivity contribution is 0.0951. The van der Waals surface area contributed by atoms with E-state index in [1.165, 1.54) is 29.5 Å². The van der Waals surface area contributed by atoms with Crippen molar-refractivity contribution >= 4 is 28.8 Å². The van der Waals surface area contributed by atoms with E-state index >= 15 is 0 Å². The molecule has 1 heterocycles. The Morgan fingerprint density at radius 2 is 2.19 bits per heavy atom. The molecule has 108 valence electrons. The lowest BCUT2D eigenvalue weighted by Crippen LogP contribution is -2.22. The van der Waals surface area contributed by atoms with E-state index in [9.17, 15) is 9.18 Å². The van der Waals surface area contributed by atoms with Gasteiger partial charge in [-0.25, -0.2) is 4.39 Å². The van der Waals surface area contributed by atoms with E-state index in [-0.39, 0.29) is 10.9 Å². The topological polar surface area (TPSA) is 55.1 Å². The van der Waals surface area contributed by atoms with E-state index in [2.05, 4.69) is 17.2 Å². The number of carbonyl (C=O) groups is 1. The predicted molar refractivity (Wildman–Crippen MR) is 82.8 cm³/mol. The molecule has 0 saturated heterocycles. The smallest absolute Gasteiger partial charge is 0.251 e. The van der Waals surface area contributed by atoms with Crippen LogP contribution in [0.3, 0.4) is 0 Å². The number of rotatable bonds is 3. The average Bonchev–Trinajstić information content (AvgIpc) is 2.93. The van der Waals surface area contributed by atoms with Crippen LogP contribution in [-0.2, 0) is 6.54 Å². The maximum atomic E-state index is 13.0. The lowest BCUT2D eigenvalue weighted by Gasteiger charge is -2.04. The van der Waals surface area contributed by atoms with Gasteiger partial charge in [0.05, 0.1) is 23.0 Å². The second-order valence-electron chi connectivity index (χ2n) is 4.08. The molecule has 2 rings (SSSR count). The summed E-state index contributed by atoms with van der Waals surface area (Å²) >= 11 is 7.13. The Morgan fingerprint density at radius 1 is 1.38 bits per heavy atom. The van der Waals surface area contributed by atoms with Crippen LogP contribution in [0.4, 0.5) is 4.39 Å². The molecule has 1 aromatic heterocycles. The Kier molecular flexibility index (Phi) is 5.34. The van der Waals surface area contributed by atoms with Crippen molar-refractivity contribution in [3.8, 4) is 11.8 Å². The van der Waals surface area contributed by atoms with Crippen LogP contribution >= 0.6 is 22.9 Å². The zero-order chi connectivity index (χ0) is 15.2. The maximum Gasteiger partial charge on any atom is 0.251 e. The molecule has 21 heavy (non-hydrogen) atoms. The van der Waals surface area contributed by atoms with Crippen LogP contribution < -0.4 is 11.1 Å². The number of benzene rings is 1. The third-order valence-corrected chi connectivity index (χ3v) is 3.87. The molecule has 0 aliphatic carbocycles. The Hall–Kier alpha value is -1.87. The quantitative estimate of drug-likeness (QED) is 0.854. The van der Waals surface area contributed by atoms with Gasteiger partial charge in [-0.15, -0.1) is 11.3 Å². The minimum Gasteiger partial charge on any atom is -0.347 e. The fourth-order valence-corrected chi connectivity index (χ4v) is 2.59. The first-order valence-corrected chi connectivity index (χ1v) is 7.30. The molecule has 0 bridgehead atoms. The Balaban J connectivity index is 1.97. The molecule has 0 aliphatic rings. The predicted octanol–water partition coefficient (Wildman–Crippen LogP) is 2.78. The molecule has 0 unspecified atom stereocenters. The molecular formula is C15H12ClFN2OS. The molecular weight excluding hydrogens is 311 g/mol. The van der Waals surface area contributed by atoms with Crippen LogP contribution in [-0.4, -0.2) is 12.5 Å². The molecule has 1 aromatic carbocycles. The average molecular weight is 323 g/mol. The monoisotopic (exact) mass is 322 g/mol. The minimum absolute atomic E-state index is 0.0712. The van der Waals surface area contributed by atoms with E-state index in [4.69, 9.17) is 17.3 Å². The van der Waals surface area contributed by atoms with Crippen molar-refractivity contribution < 1.29 is 9.18 Å². The van der Waals surface area contributed by atoms with E-state index in [1.54, 1.807) is 0 Å². The molecule has 2 aromatic rings. The van der Waals surface area contributed by atoms with Crippen molar-refractivity contribution in [2.45, 2.75) is 6.54 Å². The third-order valence-electron chi connectivity index (χ3n) is 2.58. The number of hydrogen-bond acceptors (Lipinski definition) is 3. The fraction of sp³-hybridized carbons (Fsp3) is 0.133. The van der Waals surface area contributed by atoms with E-state index < -0.39 is 5.82 Å². The summed E-state index contributed by atoms with van der Waals surface area (Å²) in [7, 11) is 0. The molecule has 1 amide bonds. The van der Waals surface area contributed by atoms with Crippen molar-refractivity contribution in [3.63, 3.8) is 0 Å². The van der Waals surface area contributed by atoms with Gasteiger partial charge in [0.2, 0.25) is 0 Å². The zero-order valence-corrected chi connectivity index (χ0v) is 12.5. The molecule has 0 spiro atoms. The molecule has 3 nitrogen and oxygen atoms in total. The van der Waals surface area contributed by atoms with Crippen molar-refractivity contribution in [2.75, 3.05) is 6.54 Å². The summed E-state index contributed by atoms with van der Waals surface area (Å²) in [5.74, 6) is 4.85. The number of nitrogens with two attached hydrogens (primary N) is 1. The van der Waals surface area contributed by atoms with E-state index in [0.29, 0.717) is 18.7 Å². The molecule has 0 radical (unpaired) electrons. The van der Waals surface area contributed by atoms with Gasteiger partial charge in [0.25, 0.3) is 5.91 Å². The van der Waals surface area contributed by atoms with Crippen molar-refractivity contribution in [2.24, 2.45) is 5.73 Å². The van der Waals surface area contributed by atoms with Gasteiger partial charge in [-0.2, -0.15) is 0 Å². The molecule has 0 saturated carbocycles. The zero-order valence-electron chi connectivity index (χ0n) is 11.0. The van der Waals surface area contributed by atoms with E-state index in [0.717, 1.165) is 9.75 Å². The summed E-state index contributed by atoms with van der Waals surface area (Å²) in [6, 6.07) is 7.64. The summed E-state index contributed by atoms with van der Waals surface area (Å²) in [5, 5.41) is 2.68. The standard InChI is InChI=1S/C15H12ClFN2OS/c16-13-8-10(3-6-14(13)17)15(20)19-9-12-5-4-11(21-12)2-1-7-18/h3-6,8H,7,9,18H2,(H,19,20). The summed E-state index contributed by atoms with van der Waals surface area (Å²) in [4.78, 5) is 13.8. The van der Waals surface area contributed by atoms with Gasteiger partial charge >= 0.3 is 0 Å². The summed E-state index contributed by atoms with van der Waals surface area (Å²) in [6.45, 7) is 0.693. The Morgan fingerprint density at radius 3 is 2.90 bits per heavy atom. The van der Waals surface area contributed by atoms with Gasteiger partial charge in [-0.3, -0.25) is 4.79 Å². The Bertz CT molecular complexity index is 718. The number of hydrogen-bond donors (Lipinski definition) is 2. The first kappa shape index (κ1) is 15.5. The van der Waals surface area contributed by atoms with Crippen LogP contribution in [0.15, 0.2) is 30.3 Å². The molecule has 0 fully saturated rings. The lowest BCUT2D eigenvalue weighted by atomic mass is 10.2. The van der Waals surface area contributed by atoms with Crippen molar-refractivity contribution in [3.05, 3.63) is 56.5 Å². The summed E-state index contributed by atoms with van der Waals surface area (Å²) in [6.07, 6.45) is 0. The molecule has 6 heteroatoms. The number of carbonyl (C=O) groups excluding carboxylic acids is 1. The molecule has 0 atom stereocenters. The van der Waals surface area contributed by atoms with Gasteiger partial charge in [-0.1, -0.05) is 23.4 Å². The molecule has 0 aliphatic heterocycles. The van der Waals surface area contributed by atoms with Gasteiger partial charge in [0, 0.05) is 10.4 Å². The highest BCUT2D eigenvalue weighted by atomic mass is 35.5. The second-order valence-corrected chi connectivity index (χ2v) is 5.66. The van der Waals surface area contributed by atoms with Crippen LogP contribution in [0, 0.1) is 17.7 Å². The third kappa shape index (κ3) is 4.30. The van der Waals surface area contributed by atoms with Crippen molar-refractivity contribution in [1.82, 2.24) is 5.32 Å². The molecule has 3 N–H and O–H groups in total. The fourth-order valence-electron chi connectivity index (χ4n) is 1.59. The van der Waals surface area contributed by atoms with Crippen LogP contribution in [0.5, 0.6) is 0 Å². The Labute approximate surface area is 130 Å². The first-order chi connectivity index (χ1) is 10.1. The van der Waals surface area contributed by atoms with E-state index in [1.807, 2.05) is 12.1 Å².